The van der Waals surface area contributed by atoms with Crippen LogP contribution >= 0.6 is 11.3 Å². The first kappa shape index (κ1) is 20.4. The minimum Gasteiger partial charge on any atom is -0.355 e. The lowest BCUT2D eigenvalue weighted by molar-refractivity contribution is 0.578. The van der Waals surface area contributed by atoms with E-state index in [-0.39, 0.29) is 6.04 Å². The number of nitrogens with zero attached hydrogens (tertiary/aromatic N) is 1. The SMILES string of the molecule is CN=C(NCCNS(=O)(=O)c1cccs1)NC(C)CCc1ccccc1. The summed E-state index contributed by atoms with van der Waals surface area (Å²) in [7, 11) is -1.71. The summed E-state index contributed by atoms with van der Waals surface area (Å²) in [5.41, 5.74) is 1.31. The van der Waals surface area contributed by atoms with E-state index in [2.05, 4.69) is 39.4 Å². The summed E-state index contributed by atoms with van der Waals surface area (Å²) in [6.45, 7) is 2.85. The van der Waals surface area contributed by atoms with E-state index in [1.165, 1.54) is 16.9 Å². The molecule has 0 saturated heterocycles. The van der Waals surface area contributed by atoms with Crippen LogP contribution in [0.1, 0.15) is 18.9 Å². The van der Waals surface area contributed by atoms with Crippen LogP contribution < -0.4 is 15.4 Å². The second kappa shape index (κ2) is 10.3. The van der Waals surface area contributed by atoms with Crippen molar-refractivity contribution in [3.63, 3.8) is 0 Å². The van der Waals surface area contributed by atoms with E-state index < -0.39 is 10.0 Å². The highest BCUT2D eigenvalue weighted by atomic mass is 32.2. The number of nitrogens with one attached hydrogen (secondary N) is 3. The molecule has 0 spiro atoms. The smallest absolute Gasteiger partial charge is 0.250 e. The van der Waals surface area contributed by atoms with Crippen LogP contribution in [0.15, 0.2) is 57.0 Å². The van der Waals surface area contributed by atoms with Crippen molar-refractivity contribution in [1.82, 2.24) is 15.4 Å². The monoisotopic (exact) mass is 394 g/mol. The molecule has 1 atom stereocenters. The molecule has 1 heterocycles. The zero-order chi connectivity index (χ0) is 18.8. The van der Waals surface area contributed by atoms with E-state index >= 15 is 0 Å². The van der Waals surface area contributed by atoms with Gasteiger partial charge in [0.05, 0.1) is 0 Å². The van der Waals surface area contributed by atoms with Gasteiger partial charge in [0, 0.05) is 26.2 Å². The summed E-state index contributed by atoms with van der Waals surface area (Å²) in [4.78, 5) is 4.19. The van der Waals surface area contributed by atoms with Crippen LogP contribution in [-0.4, -0.2) is 40.6 Å². The molecule has 0 aliphatic carbocycles. The zero-order valence-electron chi connectivity index (χ0n) is 15.1. The van der Waals surface area contributed by atoms with Crippen molar-refractivity contribution in [2.75, 3.05) is 20.1 Å². The third-order valence-corrected chi connectivity index (χ3v) is 6.64. The van der Waals surface area contributed by atoms with Gasteiger partial charge in [-0.05, 0) is 36.8 Å². The molecule has 26 heavy (non-hydrogen) atoms. The number of guanidine groups is 1. The lowest BCUT2D eigenvalue weighted by Crippen LogP contribution is -2.44. The summed E-state index contributed by atoms with van der Waals surface area (Å²) in [5.74, 6) is 0.667. The van der Waals surface area contributed by atoms with Gasteiger partial charge in [-0.2, -0.15) is 0 Å². The number of hydrogen-bond donors (Lipinski definition) is 3. The van der Waals surface area contributed by atoms with Crippen molar-refractivity contribution in [1.29, 1.82) is 0 Å². The van der Waals surface area contributed by atoms with Gasteiger partial charge in [0.25, 0.3) is 0 Å². The molecule has 2 aromatic rings. The summed E-state index contributed by atoms with van der Waals surface area (Å²) >= 11 is 1.20. The highest BCUT2D eigenvalue weighted by Gasteiger charge is 2.14. The maximum atomic E-state index is 12.0. The summed E-state index contributed by atoms with van der Waals surface area (Å²) in [5, 5.41) is 8.20. The lowest BCUT2D eigenvalue weighted by atomic mass is 10.1. The minimum atomic E-state index is -3.42. The number of sulfonamides is 1. The molecule has 2 rings (SSSR count). The molecule has 3 N–H and O–H groups in total. The van der Waals surface area contributed by atoms with E-state index in [1.807, 2.05) is 18.2 Å². The maximum absolute atomic E-state index is 12.0. The highest BCUT2D eigenvalue weighted by molar-refractivity contribution is 7.91. The largest absolute Gasteiger partial charge is 0.355 e. The fraction of sp³-hybridized carbons (Fsp3) is 0.389. The molecule has 0 radical (unpaired) electrons. The van der Waals surface area contributed by atoms with Gasteiger partial charge in [-0.25, -0.2) is 13.1 Å². The van der Waals surface area contributed by atoms with Crippen molar-refractivity contribution >= 4 is 27.3 Å². The molecule has 0 bridgehead atoms. The molecule has 8 heteroatoms. The number of thiophene rings is 1. The molecule has 0 fully saturated rings. The molecular formula is C18H26N4O2S2. The fourth-order valence-electron chi connectivity index (χ4n) is 2.38. The predicted octanol–water partition coefficient (Wildman–Crippen LogP) is 2.21. The molecule has 1 unspecified atom stereocenters. The summed E-state index contributed by atoms with van der Waals surface area (Å²) < 4.78 is 27.0. The third kappa shape index (κ3) is 6.78. The number of benzene rings is 1. The Labute approximate surface area is 159 Å². The van der Waals surface area contributed by atoms with Gasteiger partial charge in [-0.1, -0.05) is 36.4 Å². The zero-order valence-corrected chi connectivity index (χ0v) is 16.7. The summed E-state index contributed by atoms with van der Waals surface area (Å²) in [6.07, 6.45) is 1.97. The van der Waals surface area contributed by atoms with E-state index in [4.69, 9.17) is 0 Å². The van der Waals surface area contributed by atoms with Gasteiger partial charge < -0.3 is 10.6 Å². The Morgan fingerprint density at radius 1 is 1.15 bits per heavy atom. The Bertz CT molecular complexity index is 775. The standard InChI is InChI=1S/C18H26N4O2S2/c1-15(10-11-16-7-4-3-5-8-16)22-18(19-2)20-12-13-21-26(23,24)17-9-6-14-25-17/h3-9,14-15,21H,10-13H2,1-2H3,(H2,19,20,22). The topological polar surface area (TPSA) is 82.6 Å². The van der Waals surface area contributed by atoms with Crippen molar-refractivity contribution in [3.05, 3.63) is 53.4 Å². The van der Waals surface area contributed by atoms with E-state index in [1.54, 1.807) is 24.6 Å². The molecule has 0 saturated carbocycles. The summed E-state index contributed by atoms with van der Waals surface area (Å²) in [6, 6.07) is 13.9. The van der Waals surface area contributed by atoms with Crippen molar-refractivity contribution in [3.8, 4) is 0 Å². The molecule has 0 amide bonds. The van der Waals surface area contributed by atoms with E-state index in [9.17, 15) is 8.42 Å². The molecule has 1 aromatic heterocycles. The maximum Gasteiger partial charge on any atom is 0.250 e. The van der Waals surface area contributed by atoms with E-state index in [0.717, 1.165) is 12.8 Å². The van der Waals surface area contributed by atoms with Gasteiger partial charge in [0.2, 0.25) is 10.0 Å². The predicted molar refractivity (Wildman–Crippen MR) is 108 cm³/mol. The van der Waals surface area contributed by atoms with Crippen molar-refractivity contribution in [2.45, 2.75) is 30.0 Å². The number of rotatable bonds is 9. The van der Waals surface area contributed by atoms with Crippen LogP contribution in [0.3, 0.4) is 0 Å². The highest BCUT2D eigenvalue weighted by Crippen LogP contribution is 2.14. The second-order valence-corrected chi connectivity index (χ2v) is 8.84. The van der Waals surface area contributed by atoms with E-state index in [0.29, 0.717) is 23.3 Å². The lowest BCUT2D eigenvalue weighted by Gasteiger charge is -2.18. The molecule has 1 aromatic carbocycles. The van der Waals surface area contributed by atoms with Gasteiger partial charge in [-0.15, -0.1) is 11.3 Å². The van der Waals surface area contributed by atoms with Gasteiger partial charge in [-0.3, -0.25) is 4.99 Å². The first-order chi connectivity index (χ1) is 12.5. The van der Waals surface area contributed by atoms with Crippen molar-refractivity contribution in [2.24, 2.45) is 4.99 Å². The first-order valence-corrected chi connectivity index (χ1v) is 10.9. The van der Waals surface area contributed by atoms with Gasteiger partial charge in [0.1, 0.15) is 4.21 Å². The number of aliphatic imine (C=N–C) groups is 1. The number of hydrogen-bond acceptors (Lipinski definition) is 4. The van der Waals surface area contributed by atoms with Crippen LogP contribution in [0.4, 0.5) is 0 Å². The van der Waals surface area contributed by atoms with Crippen LogP contribution in [0.5, 0.6) is 0 Å². The molecule has 6 nitrogen and oxygen atoms in total. The van der Waals surface area contributed by atoms with Crippen LogP contribution in [0.25, 0.3) is 0 Å². The Morgan fingerprint density at radius 3 is 2.58 bits per heavy atom. The average Bonchev–Trinajstić information content (AvgIpc) is 3.19. The first-order valence-electron chi connectivity index (χ1n) is 8.55. The molecule has 0 aliphatic rings. The number of aryl methyl sites for hydroxylation is 1. The molecule has 0 aliphatic heterocycles. The molecule has 142 valence electrons. The quantitative estimate of drug-likeness (QED) is 0.346. The Morgan fingerprint density at radius 2 is 1.92 bits per heavy atom. The fourth-order valence-corrected chi connectivity index (χ4v) is 4.45. The Kier molecular flexibility index (Phi) is 8.08. The van der Waals surface area contributed by atoms with Crippen molar-refractivity contribution < 1.29 is 8.42 Å². The van der Waals surface area contributed by atoms with Crippen LogP contribution in [0.2, 0.25) is 0 Å². The van der Waals surface area contributed by atoms with Gasteiger partial charge >= 0.3 is 0 Å². The molecular weight excluding hydrogens is 368 g/mol. The van der Waals surface area contributed by atoms with Gasteiger partial charge in [0.15, 0.2) is 5.96 Å². The van der Waals surface area contributed by atoms with Crippen LogP contribution in [0, 0.1) is 0 Å². The minimum absolute atomic E-state index is 0.254. The average molecular weight is 395 g/mol. The second-order valence-electron chi connectivity index (χ2n) is 5.90. The third-order valence-electron chi connectivity index (χ3n) is 3.79. The van der Waals surface area contributed by atoms with Crippen LogP contribution in [-0.2, 0) is 16.4 Å². The normalized spacial score (nSPS) is 13.4. The Balaban J connectivity index is 1.69. The Hall–Kier alpha value is -1.90.